The van der Waals surface area contributed by atoms with Gasteiger partial charge in [-0.25, -0.2) is 0 Å². The van der Waals surface area contributed by atoms with Crippen molar-refractivity contribution in [1.29, 1.82) is 0 Å². The van der Waals surface area contributed by atoms with Crippen LogP contribution in [0.15, 0.2) is 73.8 Å². The summed E-state index contributed by atoms with van der Waals surface area (Å²) < 4.78 is 0. The van der Waals surface area contributed by atoms with Gasteiger partial charge in [0.1, 0.15) is 0 Å². The van der Waals surface area contributed by atoms with Crippen molar-refractivity contribution in [3.05, 3.63) is 93.3 Å². The van der Waals surface area contributed by atoms with E-state index in [4.69, 9.17) is 0 Å². The molecule has 0 aliphatic heterocycles. The largest absolute Gasteiger partial charge is 0.139 e. The fraction of sp³-hybridized carbons (Fsp3) is 0.0400. The van der Waals surface area contributed by atoms with Gasteiger partial charge in [0.2, 0.25) is 0 Å². The van der Waals surface area contributed by atoms with Gasteiger partial charge in [-0.15, -0.1) is 45.3 Å². The highest BCUT2D eigenvalue weighted by atomic mass is 32.1. The van der Waals surface area contributed by atoms with Gasteiger partial charge in [-0.1, -0.05) is 36.8 Å². The third kappa shape index (κ3) is 4.88. The topological polar surface area (TPSA) is 0 Å². The first kappa shape index (κ1) is 19.7. The third-order valence-corrected chi connectivity index (χ3v) is 8.53. The molecule has 0 nitrogen and oxygen atoms in total. The van der Waals surface area contributed by atoms with Gasteiger partial charge >= 0.3 is 0 Å². The molecule has 0 N–H and O–H groups in total. The summed E-state index contributed by atoms with van der Waals surface area (Å²) in [6.45, 7) is 7.29. The van der Waals surface area contributed by atoms with E-state index in [1.807, 2.05) is 22.7 Å². The summed E-state index contributed by atoms with van der Waals surface area (Å²) in [5, 5.41) is 0. The highest BCUT2D eigenvalue weighted by molar-refractivity contribution is 7.23. The normalized spacial score (nSPS) is 9.93. The summed E-state index contributed by atoms with van der Waals surface area (Å²) in [6, 6.07) is 17.4. The Balaban J connectivity index is 1.47. The Morgan fingerprint density at radius 3 is 1.45 bits per heavy atom. The molecule has 0 fully saturated rings. The lowest BCUT2D eigenvalue weighted by Crippen LogP contribution is -1.76. The molecule has 4 heteroatoms. The molecule has 4 aromatic heterocycles. The molecule has 0 spiro atoms. The average molecular weight is 445 g/mol. The summed E-state index contributed by atoms with van der Waals surface area (Å²) in [4.78, 5) is 10.1. The van der Waals surface area contributed by atoms with E-state index in [2.05, 4.69) is 85.4 Å². The Morgan fingerprint density at radius 2 is 1.00 bits per heavy atom. The molecule has 0 atom stereocenters. The van der Waals surface area contributed by atoms with Crippen molar-refractivity contribution in [3.63, 3.8) is 0 Å². The third-order valence-electron chi connectivity index (χ3n) is 3.96. The van der Waals surface area contributed by atoms with E-state index in [9.17, 15) is 0 Å². The molecule has 140 valence electrons. The number of hydrogen-bond acceptors (Lipinski definition) is 4. The van der Waals surface area contributed by atoms with Gasteiger partial charge in [-0.3, -0.25) is 0 Å². The quantitative estimate of drug-likeness (QED) is 0.280. The minimum atomic E-state index is 0.971. The van der Waals surface area contributed by atoms with Gasteiger partial charge in [-0.05, 0) is 60.7 Å². The van der Waals surface area contributed by atoms with Crippen LogP contribution >= 0.6 is 45.3 Å². The molecule has 0 saturated heterocycles. The Morgan fingerprint density at radius 1 is 0.586 bits per heavy atom. The van der Waals surface area contributed by atoms with Gasteiger partial charge in [0.25, 0.3) is 0 Å². The molecule has 0 aromatic carbocycles. The SMILES string of the molecule is C=CC#Cc1ccc(-c2ccc(Cc3ccc(-c4ccc(C#CC=C)s4)s3)s2)s1. The summed E-state index contributed by atoms with van der Waals surface area (Å²) in [5.41, 5.74) is 0. The van der Waals surface area contributed by atoms with Crippen LogP contribution in [0.5, 0.6) is 0 Å². The van der Waals surface area contributed by atoms with E-state index in [1.165, 1.54) is 29.3 Å². The summed E-state index contributed by atoms with van der Waals surface area (Å²) in [6.07, 6.45) is 4.23. The van der Waals surface area contributed by atoms with Crippen molar-refractivity contribution in [2.45, 2.75) is 6.42 Å². The second kappa shape index (κ2) is 9.27. The molecular weight excluding hydrogens is 429 g/mol. The molecule has 0 radical (unpaired) electrons. The first-order chi connectivity index (χ1) is 14.2. The predicted molar refractivity (Wildman–Crippen MR) is 132 cm³/mol. The smallest absolute Gasteiger partial charge is 0.0778 e. The zero-order valence-corrected chi connectivity index (χ0v) is 18.8. The van der Waals surface area contributed by atoms with Gasteiger partial charge in [0, 0.05) is 35.7 Å². The van der Waals surface area contributed by atoms with Crippen molar-refractivity contribution >= 4 is 45.3 Å². The van der Waals surface area contributed by atoms with Crippen molar-refractivity contribution in [3.8, 4) is 43.2 Å². The molecular formula is C25H16S4. The number of allylic oxidation sites excluding steroid dienone is 2. The van der Waals surface area contributed by atoms with Crippen LogP contribution in [0, 0.1) is 23.7 Å². The number of hydrogen-bond donors (Lipinski definition) is 0. The zero-order chi connectivity index (χ0) is 20.1. The summed E-state index contributed by atoms with van der Waals surface area (Å²) >= 11 is 7.18. The lowest BCUT2D eigenvalue weighted by Gasteiger charge is -1.93. The van der Waals surface area contributed by atoms with Crippen molar-refractivity contribution in [1.82, 2.24) is 0 Å². The second-order valence-electron chi connectivity index (χ2n) is 5.98. The first-order valence-electron chi connectivity index (χ1n) is 8.88. The van der Waals surface area contributed by atoms with E-state index < -0.39 is 0 Å². The van der Waals surface area contributed by atoms with E-state index >= 15 is 0 Å². The van der Waals surface area contributed by atoms with Crippen molar-refractivity contribution in [2.24, 2.45) is 0 Å². The molecule has 0 saturated carbocycles. The van der Waals surface area contributed by atoms with Crippen LogP contribution in [-0.4, -0.2) is 0 Å². The summed E-state index contributed by atoms with van der Waals surface area (Å²) in [5.74, 6) is 12.0. The van der Waals surface area contributed by atoms with Gasteiger partial charge in [-0.2, -0.15) is 0 Å². The first-order valence-corrected chi connectivity index (χ1v) is 12.1. The zero-order valence-electron chi connectivity index (χ0n) is 15.5. The maximum absolute atomic E-state index is 3.64. The van der Waals surface area contributed by atoms with Crippen LogP contribution in [-0.2, 0) is 6.42 Å². The number of thiophene rings is 4. The van der Waals surface area contributed by atoms with Crippen LogP contribution in [0.4, 0.5) is 0 Å². The summed E-state index contributed by atoms with van der Waals surface area (Å²) in [7, 11) is 0. The lowest BCUT2D eigenvalue weighted by atomic mass is 10.3. The minimum Gasteiger partial charge on any atom is -0.139 e. The fourth-order valence-electron chi connectivity index (χ4n) is 2.70. The predicted octanol–water partition coefficient (Wildman–Crippen LogP) is 7.93. The molecule has 4 rings (SSSR count). The fourth-order valence-corrected chi connectivity index (χ4v) is 6.77. The van der Waals surface area contributed by atoms with Crippen molar-refractivity contribution < 1.29 is 0 Å². The molecule has 4 heterocycles. The van der Waals surface area contributed by atoms with Crippen molar-refractivity contribution in [2.75, 3.05) is 0 Å². The van der Waals surface area contributed by atoms with Gasteiger partial charge < -0.3 is 0 Å². The van der Waals surface area contributed by atoms with Crippen LogP contribution in [0.2, 0.25) is 0 Å². The van der Waals surface area contributed by atoms with Gasteiger partial charge in [0.15, 0.2) is 0 Å². The molecule has 29 heavy (non-hydrogen) atoms. The molecule has 0 aliphatic carbocycles. The Labute approximate surface area is 187 Å². The maximum atomic E-state index is 3.64. The molecule has 0 bridgehead atoms. The number of rotatable bonds is 4. The standard InChI is InChI=1S/C25H16S4/c1-3-5-7-18-9-13-22(26-18)24-15-11-20(28-24)17-21-12-16-25(29-21)23-14-10-19(27-23)8-6-4-2/h3-4,9-16H,1-2,17H2. The average Bonchev–Trinajstić information content (AvgIpc) is 3.51. The second-order valence-corrected chi connectivity index (χ2v) is 10.5. The molecule has 0 amide bonds. The maximum Gasteiger partial charge on any atom is 0.0778 e. The van der Waals surface area contributed by atoms with Crippen LogP contribution < -0.4 is 0 Å². The highest BCUT2D eigenvalue weighted by Crippen LogP contribution is 2.37. The lowest BCUT2D eigenvalue weighted by molar-refractivity contribution is 1.31. The van der Waals surface area contributed by atoms with Crippen LogP contribution in [0.1, 0.15) is 19.5 Å². The Bertz CT molecular complexity index is 1180. The highest BCUT2D eigenvalue weighted by Gasteiger charge is 2.09. The van der Waals surface area contributed by atoms with Gasteiger partial charge in [0.05, 0.1) is 9.75 Å². The Hall–Kier alpha value is -2.60. The van der Waals surface area contributed by atoms with E-state index in [0.29, 0.717) is 0 Å². The van der Waals surface area contributed by atoms with E-state index in [-0.39, 0.29) is 0 Å². The van der Waals surface area contributed by atoms with E-state index in [0.717, 1.165) is 16.2 Å². The molecule has 0 unspecified atom stereocenters. The minimum absolute atomic E-state index is 0.971. The molecule has 0 aliphatic rings. The molecule has 4 aromatic rings. The van der Waals surface area contributed by atoms with Crippen LogP contribution in [0.3, 0.4) is 0 Å². The van der Waals surface area contributed by atoms with E-state index in [1.54, 1.807) is 34.8 Å². The monoisotopic (exact) mass is 444 g/mol. The van der Waals surface area contributed by atoms with Crippen LogP contribution in [0.25, 0.3) is 19.5 Å². The Kier molecular flexibility index (Phi) is 6.30.